The van der Waals surface area contributed by atoms with E-state index >= 15 is 0 Å². The molecule has 5 aromatic rings. The summed E-state index contributed by atoms with van der Waals surface area (Å²) >= 11 is 5.93. The van der Waals surface area contributed by atoms with Gasteiger partial charge in [0.2, 0.25) is 5.91 Å². The van der Waals surface area contributed by atoms with Gasteiger partial charge in [0, 0.05) is 55.8 Å². The number of aromatic nitrogens is 3. The van der Waals surface area contributed by atoms with Crippen molar-refractivity contribution in [1.29, 1.82) is 0 Å². The average molecular weight is 549 g/mol. The van der Waals surface area contributed by atoms with Crippen LogP contribution in [0.5, 0.6) is 0 Å². The summed E-state index contributed by atoms with van der Waals surface area (Å²) in [6.45, 7) is 4.67. The molecule has 3 aromatic carbocycles. The Balaban J connectivity index is 1.10. The summed E-state index contributed by atoms with van der Waals surface area (Å²) in [6, 6.07) is 25.4. The number of carbonyl (C=O) groups is 1. The molecule has 1 aliphatic heterocycles. The fourth-order valence-corrected chi connectivity index (χ4v) is 5.08. The van der Waals surface area contributed by atoms with E-state index in [0.29, 0.717) is 11.4 Å². The van der Waals surface area contributed by atoms with Gasteiger partial charge in [-0.25, -0.2) is 4.98 Å². The Morgan fingerprint density at radius 2 is 1.60 bits per heavy atom. The van der Waals surface area contributed by atoms with Gasteiger partial charge in [-0.15, -0.1) is 0 Å². The molecule has 0 saturated carbocycles. The predicted molar refractivity (Wildman–Crippen MR) is 160 cm³/mol. The van der Waals surface area contributed by atoms with E-state index < -0.39 is 0 Å². The number of benzene rings is 3. The van der Waals surface area contributed by atoms with Crippen molar-refractivity contribution >= 4 is 40.0 Å². The molecule has 1 aliphatic rings. The quantitative estimate of drug-likeness (QED) is 0.275. The highest BCUT2D eigenvalue weighted by Gasteiger charge is 2.19. The maximum absolute atomic E-state index is 12.5. The van der Waals surface area contributed by atoms with Crippen LogP contribution < -0.4 is 10.2 Å². The normalized spacial score (nSPS) is 13.9. The number of amides is 1. The molecule has 3 heterocycles. The second-order valence-electron chi connectivity index (χ2n) is 9.98. The minimum atomic E-state index is -0.0681. The molecule has 0 spiro atoms. The van der Waals surface area contributed by atoms with Crippen molar-refractivity contribution in [3.63, 3.8) is 0 Å². The van der Waals surface area contributed by atoms with Crippen LogP contribution in [0.2, 0.25) is 5.02 Å². The summed E-state index contributed by atoms with van der Waals surface area (Å²) in [7, 11) is 0. The zero-order valence-electron chi connectivity index (χ0n) is 22.0. The number of hydrogen-bond acceptors (Lipinski definition) is 6. The average Bonchev–Trinajstić information content (AvgIpc) is 2.99. The van der Waals surface area contributed by atoms with Gasteiger partial charge in [0.05, 0.1) is 23.7 Å². The number of anilines is 2. The molecular formula is C32H29ClN6O. The molecule has 0 atom stereocenters. The van der Waals surface area contributed by atoms with Crippen LogP contribution in [0.4, 0.5) is 11.5 Å². The maximum atomic E-state index is 12.5. The lowest BCUT2D eigenvalue weighted by molar-refractivity contribution is -0.115. The van der Waals surface area contributed by atoms with Gasteiger partial charge in [0.1, 0.15) is 5.82 Å². The zero-order valence-corrected chi connectivity index (χ0v) is 22.8. The fraction of sp³-hybridized carbons (Fsp3) is 0.188. The lowest BCUT2D eigenvalue weighted by Crippen LogP contribution is -2.46. The molecule has 1 saturated heterocycles. The minimum Gasteiger partial charge on any atom is -0.353 e. The summed E-state index contributed by atoms with van der Waals surface area (Å²) in [5.41, 5.74) is 6.76. The van der Waals surface area contributed by atoms with Crippen LogP contribution in [0.3, 0.4) is 0 Å². The smallest absolute Gasteiger partial charge is 0.228 e. The van der Waals surface area contributed by atoms with Crippen LogP contribution in [0.25, 0.3) is 22.2 Å². The third-order valence-electron chi connectivity index (χ3n) is 7.13. The number of hydrogen-bond donors (Lipinski definition) is 1. The Kier molecular flexibility index (Phi) is 7.66. The van der Waals surface area contributed by atoms with Crippen LogP contribution >= 0.6 is 11.6 Å². The molecule has 1 N–H and O–H groups in total. The predicted octanol–water partition coefficient (Wildman–Crippen LogP) is 5.85. The number of halogens is 1. The number of fused-ring (bicyclic) bond motifs is 1. The van der Waals surface area contributed by atoms with Crippen LogP contribution in [0.1, 0.15) is 11.1 Å². The summed E-state index contributed by atoms with van der Waals surface area (Å²) in [6.07, 6.45) is 5.92. The Morgan fingerprint density at radius 1 is 0.825 bits per heavy atom. The van der Waals surface area contributed by atoms with Crippen molar-refractivity contribution in [3.05, 3.63) is 114 Å². The van der Waals surface area contributed by atoms with Crippen molar-refractivity contribution in [2.24, 2.45) is 0 Å². The van der Waals surface area contributed by atoms with E-state index in [0.717, 1.165) is 72.0 Å². The van der Waals surface area contributed by atoms with E-state index in [4.69, 9.17) is 16.6 Å². The first-order chi connectivity index (χ1) is 19.6. The maximum Gasteiger partial charge on any atom is 0.228 e. The van der Waals surface area contributed by atoms with E-state index in [9.17, 15) is 4.79 Å². The minimum absolute atomic E-state index is 0.0681. The van der Waals surface area contributed by atoms with E-state index in [1.165, 1.54) is 5.56 Å². The van der Waals surface area contributed by atoms with Gasteiger partial charge >= 0.3 is 0 Å². The van der Waals surface area contributed by atoms with Crippen LogP contribution in [0.15, 0.2) is 97.5 Å². The zero-order chi connectivity index (χ0) is 27.3. The van der Waals surface area contributed by atoms with Gasteiger partial charge in [0.25, 0.3) is 0 Å². The molecule has 0 radical (unpaired) electrons. The summed E-state index contributed by atoms with van der Waals surface area (Å²) in [4.78, 5) is 31.1. The standard InChI is InChI=1S/C32H29ClN6O/c33-27-8-3-23(4-9-27)18-32(40)36-28-10-5-25(6-11-28)26-7-12-29-30(19-26)37-31(21-35-29)39-16-14-38(15-17-39)22-24-2-1-13-34-20-24/h1-13,19-21H,14-18,22H2,(H,36,40). The van der Waals surface area contributed by atoms with Crippen molar-refractivity contribution < 1.29 is 4.79 Å². The Labute approximate surface area is 238 Å². The first-order valence-corrected chi connectivity index (χ1v) is 13.7. The summed E-state index contributed by atoms with van der Waals surface area (Å²) in [5, 5.41) is 3.63. The highest BCUT2D eigenvalue weighted by molar-refractivity contribution is 6.30. The van der Waals surface area contributed by atoms with Crippen LogP contribution in [0, 0.1) is 0 Å². The third kappa shape index (κ3) is 6.28. The van der Waals surface area contributed by atoms with Gasteiger partial charge in [-0.3, -0.25) is 19.7 Å². The molecule has 0 unspecified atom stereocenters. The summed E-state index contributed by atoms with van der Waals surface area (Å²) in [5.74, 6) is 0.839. The van der Waals surface area contributed by atoms with Gasteiger partial charge in [-0.1, -0.05) is 48.0 Å². The fourth-order valence-electron chi connectivity index (χ4n) is 4.96. The second kappa shape index (κ2) is 11.8. The molecule has 40 heavy (non-hydrogen) atoms. The van der Waals surface area contributed by atoms with Gasteiger partial charge in [-0.05, 0) is 64.7 Å². The largest absolute Gasteiger partial charge is 0.353 e. The third-order valence-corrected chi connectivity index (χ3v) is 7.39. The SMILES string of the molecule is O=C(Cc1ccc(Cl)cc1)Nc1ccc(-c2ccc3ncc(N4CCN(Cc5cccnc5)CC4)nc3c2)cc1. The van der Waals surface area contributed by atoms with Crippen molar-refractivity contribution in [2.75, 3.05) is 36.4 Å². The molecule has 6 rings (SSSR count). The summed E-state index contributed by atoms with van der Waals surface area (Å²) < 4.78 is 0. The first-order valence-electron chi connectivity index (χ1n) is 13.4. The molecule has 8 heteroatoms. The van der Waals surface area contributed by atoms with Gasteiger partial charge in [0.15, 0.2) is 0 Å². The molecular weight excluding hydrogens is 520 g/mol. The van der Waals surface area contributed by atoms with Gasteiger partial charge in [-0.2, -0.15) is 0 Å². The molecule has 0 aliphatic carbocycles. The lowest BCUT2D eigenvalue weighted by atomic mass is 10.0. The number of piperazine rings is 1. The van der Waals surface area contributed by atoms with Crippen LogP contribution in [-0.2, 0) is 17.8 Å². The molecule has 0 bridgehead atoms. The Hall–Kier alpha value is -4.33. The number of carbonyl (C=O) groups excluding carboxylic acids is 1. The molecule has 1 amide bonds. The van der Waals surface area contributed by atoms with E-state index in [1.54, 1.807) is 12.1 Å². The van der Waals surface area contributed by atoms with Crippen LogP contribution in [-0.4, -0.2) is 51.9 Å². The monoisotopic (exact) mass is 548 g/mol. The highest BCUT2D eigenvalue weighted by atomic mass is 35.5. The second-order valence-corrected chi connectivity index (χ2v) is 10.4. The number of pyridine rings is 1. The highest BCUT2D eigenvalue weighted by Crippen LogP contribution is 2.26. The number of rotatable bonds is 7. The Morgan fingerprint density at radius 3 is 2.35 bits per heavy atom. The molecule has 2 aromatic heterocycles. The molecule has 1 fully saturated rings. The molecule has 7 nitrogen and oxygen atoms in total. The lowest BCUT2D eigenvalue weighted by Gasteiger charge is -2.35. The number of nitrogens with zero attached hydrogens (tertiary/aromatic N) is 5. The van der Waals surface area contributed by atoms with E-state index in [2.05, 4.69) is 43.3 Å². The van der Waals surface area contributed by atoms with E-state index in [-0.39, 0.29) is 5.91 Å². The Bertz CT molecular complexity index is 1600. The topological polar surface area (TPSA) is 74.2 Å². The first kappa shape index (κ1) is 25.9. The van der Waals surface area contributed by atoms with Gasteiger partial charge < -0.3 is 10.2 Å². The van der Waals surface area contributed by atoms with Crippen molar-refractivity contribution in [2.45, 2.75) is 13.0 Å². The molecule has 200 valence electrons. The van der Waals surface area contributed by atoms with Crippen molar-refractivity contribution in [3.8, 4) is 11.1 Å². The van der Waals surface area contributed by atoms with E-state index in [1.807, 2.05) is 67.1 Å². The van der Waals surface area contributed by atoms with Crippen molar-refractivity contribution in [1.82, 2.24) is 19.9 Å². The number of nitrogens with one attached hydrogen (secondary N) is 1.